The van der Waals surface area contributed by atoms with Crippen molar-refractivity contribution in [1.29, 1.82) is 0 Å². The van der Waals surface area contributed by atoms with Crippen LogP contribution in [0.1, 0.15) is 13.3 Å². The summed E-state index contributed by atoms with van der Waals surface area (Å²) in [5, 5.41) is 63.4. The largest absolute Gasteiger partial charge is 0.396 e. The Bertz CT molecular complexity index is 497. The first kappa shape index (κ1) is 23.4. The maximum Gasteiger partial charge on any atom is 0.333 e. The van der Waals surface area contributed by atoms with Crippen LogP contribution in [0.2, 0.25) is 0 Å². The van der Waals surface area contributed by atoms with Gasteiger partial charge in [-0.05, 0) is 6.42 Å². The lowest BCUT2D eigenvalue weighted by Crippen LogP contribution is -2.54. The quantitative estimate of drug-likeness (QED) is 0.172. The number of isocyanates is 2. The van der Waals surface area contributed by atoms with E-state index < -0.39 is 35.9 Å². The summed E-state index contributed by atoms with van der Waals surface area (Å²) in [6, 6.07) is 0. The number of hydrogen-bond acceptors (Lipinski definition) is 12. The monoisotopic (exact) mass is 366 g/mol. The zero-order valence-electron chi connectivity index (χ0n) is 13.4. The molecule has 1 rings (SSSR count). The average molecular weight is 366 g/mol. The van der Waals surface area contributed by atoms with Gasteiger partial charge in [0.15, 0.2) is 0 Å². The summed E-state index contributed by atoms with van der Waals surface area (Å²) in [4.78, 5) is 25.6. The maximum atomic E-state index is 10.1. The average Bonchev–Trinajstić information content (AvgIpc) is 2.80. The molecule has 12 heteroatoms. The van der Waals surface area contributed by atoms with E-state index in [4.69, 9.17) is 20.4 Å². The Morgan fingerprint density at radius 1 is 1.04 bits per heavy atom. The van der Waals surface area contributed by atoms with Crippen molar-refractivity contribution in [3.63, 3.8) is 0 Å². The van der Waals surface area contributed by atoms with Gasteiger partial charge in [-0.2, -0.15) is 4.99 Å². The third kappa shape index (κ3) is 4.75. The van der Waals surface area contributed by atoms with E-state index in [-0.39, 0.29) is 19.8 Å². The van der Waals surface area contributed by atoms with E-state index in [9.17, 15) is 24.9 Å². The molecule has 12 nitrogen and oxygen atoms in total. The number of ether oxygens (including phenoxy) is 1. The molecule has 0 aromatic rings. The summed E-state index contributed by atoms with van der Waals surface area (Å²) in [5.41, 5.74) is -3.58. The molecular weight excluding hydrogens is 344 g/mol. The third-order valence-corrected chi connectivity index (χ3v) is 3.91. The lowest BCUT2D eigenvalue weighted by molar-refractivity contribution is -0.260. The van der Waals surface area contributed by atoms with Gasteiger partial charge in [0.2, 0.25) is 12.2 Å². The number of aliphatic hydroxyl groups is 7. The topological polar surface area (TPSA) is 210 Å². The number of carbonyl (C=O) groups excluding carboxylic acids is 2. The van der Waals surface area contributed by atoms with Crippen LogP contribution in [-0.2, 0) is 14.3 Å². The van der Waals surface area contributed by atoms with E-state index >= 15 is 0 Å². The molecule has 144 valence electrons. The van der Waals surface area contributed by atoms with E-state index in [0.29, 0.717) is 6.42 Å². The summed E-state index contributed by atoms with van der Waals surface area (Å²) in [6.07, 6.45) is -1.05. The van der Waals surface area contributed by atoms with Crippen LogP contribution in [-0.4, -0.2) is 98.2 Å². The van der Waals surface area contributed by atoms with Gasteiger partial charge in [0.1, 0.15) is 12.2 Å². The zero-order valence-corrected chi connectivity index (χ0v) is 13.4. The van der Waals surface area contributed by atoms with Gasteiger partial charge in [-0.25, -0.2) is 9.59 Å². The van der Waals surface area contributed by atoms with Gasteiger partial charge in [0.25, 0.3) is 5.72 Å². The predicted octanol–water partition coefficient (Wildman–Crippen LogP) is -3.90. The van der Waals surface area contributed by atoms with Crippen molar-refractivity contribution in [2.45, 2.75) is 37.2 Å². The smallest absolute Gasteiger partial charge is 0.333 e. The first-order chi connectivity index (χ1) is 11.7. The van der Waals surface area contributed by atoms with Crippen LogP contribution < -0.4 is 0 Å². The van der Waals surface area contributed by atoms with Crippen LogP contribution in [0.25, 0.3) is 0 Å². The zero-order chi connectivity index (χ0) is 19.7. The molecular formula is C13H22N2O10. The van der Waals surface area contributed by atoms with Gasteiger partial charge in [-0.1, -0.05) is 6.92 Å². The number of rotatable bonds is 7. The van der Waals surface area contributed by atoms with Crippen LogP contribution in [0, 0.1) is 5.41 Å². The molecule has 1 heterocycles. The predicted molar refractivity (Wildman–Crippen MR) is 78.1 cm³/mol. The van der Waals surface area contributed by atoms with Gasteiger partial charge in [-0.15, -0.1) is 4.99 Å². The minimum Gasteiger partial charge on any atom is -0.396 e. The highest BCUT2D eigenvalue weighted by molar-refractivity contribution is 5.38. The van der Waals surface area contributed by atoms with Crippen LogP contribution in [0.15, 0.2) is 9.98 Å². The fourth-order valence-corrected chi connectivity index (χ4v) is 1.82. The molecule has 0 aromatic carbocycles. The number of aliphatic imine (C=N–C) groups is 2. The normalized spacial score (nSPS) is 31.4. The Hall–Kier alpha value is -1.56. The molecule has 2 unspecified atom stereocenters. The number of hydrogen-bond donors (Lipinski definition) is 7. The number of nitrogens with zero attached hydrogens (tertiary/aromatic N) is 2. The van der Waals surface area contributed by atoms with Crippen LogP contribution in [0.4, 0.5) is 0 Å². The lowest BCUT2D eigenvalue weighted by atomic mass is 9.88. The van der Waals surface area contributed by atoms with Crippen molar-refractivity contribution in [3.05, 3.63) is 0 Å². The van der Waals surface area contributed by atoms with Gasteiger partial charge in [0, 0.05) is 5.41 Å². The highest BCUT2D eigenvalue weighted by Crippen LogP contribution is 2.39. The molecule has 1 aliphatic rings. The molecule has 0 spiro atoms. The van der Waals surface area contributed by atoms with E-state index in [0.717, 1.165) is 12.2 Å². The lowest BCUT2D eigenvalue weighted by Gasteiger charge is -2.27. The molecule has 1 aliphatic heterocycles. The van der Waals surface area contributed by atoms with Gasteiger partial charge >= 0.3 is 5.91 Å². The van der Waals surface area contributed by atoms with Crippen molar-refractivity contribution >= 4 is 12.2 Å². The van der Waals surface area contributed by atoms with E-state index in [2.05, 4.69) is 14.7 Å². The molecule has 0 saturated carbocycles. The minimum atomic E-state index is -2.99. The van der Waals surface area contributed by atoms with Crippen LogP contribution >= 0.6 is 0 Å². The maximum absolute atomic E-state index is 10.1. The Morgan fingerprint density at radius 3 is 1.80 bits per heavy atom. The Morgan fingerprint density at radius 2 is 1.52 bits per heavy atom. The van der Waals surface area contributed by atoms with Crippen molar-refractivity contribution < 1.29 is 50.1 Å². The molecule has 1 fully saturated rings. The molecule has 4 atom stereocenters. The van der Waals surface area contributed by atoms with Crippen molar-refractivity contribution in [2.24, 2.45) is 15.4 Å². The number of aliphatic hydroxyl groups excluding tert-OH is 5. The SMILES string of the molecule is CCC(CO)(CO)CO.O=C=NC1(O)O[C@H](CO)[C@H](O)C1(O)N=C=O. The summed E-state index contributed by atoms with van der Waals surface area (Å²) in [7, 11) is 0. The standard InChI is InChI=1S/C7H8N2O7.C6H14O3/c10-1-4-5(13)6(14,8-2-11)7(15,16-4)9-3-12;1-2-6(3-7,4-8)5-9/h4-5,10,13-15H,1H2;7-9H,2-5H2,1H3/t4-,5+,6?,7?;/m1./s1. The van der Waals surface area contributed by atoms with Gasteiger partial charge in [-0.3, -0.25) is 0 Å². The molecule has 7 N–H and O–H groups in total. The van der Waals surface area contributed by atoms with Gasteiger partial charge in [0.05, 0.1) is 26.4 Å². The Kier molecular flexibility index (Phi) is 9.19. The molecule has 0 amide bonds. The van der Waals surface area contributed by atoms with Crippen molar-refractivity contribution in [3.8, 4) is 0 Å². The summed E-state index contributed by atoms with van der Waals surface area (Å²) in [5.74, 6) is -2.99. The Balaban J connectivity index is 0.000000547. The first-order valence-electron chi connectivity index (χ1n) is 7.11. The third-order valence-electron chi connectivity index (χ3n) is 3.91. The summed E-state index contributed by atoms with van der Waals surface area (Å²) >= 11 is 0. The second-order valence-electron chi connectivity index (χ2n) is 5.35. The van der Waals surface area contributed by atoms with Crippen LogP contribution in [0.3, 0.4) is 0 Å². The van der Waals surface area contributed by atoms with Crippen molar-refractivity contribution in [2.75, 3.05) is 26.4 Å². The van der Waals surface area contributed by atoms with Crippen molar-refractivity contribution in [1.82, 2.24) is 0 Å². The van der Waals surface area contributed by atoms with Gasteiger partial charge < -0.3 is 40.5 Å². The minimum absolute atomic E-state index is 0.156. The molecule has 1 saturated heterocycles. The first-order valence-corrected chi connectivity index (χ1v) is 7.11. The highest BCUT2D eigenvalue weighted by Gasteiger charge is 2.67. The summed E-state index contributed by atoms with van der Waals surface area (Å²) < 4.78 is 4.52. The molecule has 0 radical (unpaired) electrons. The fraction of sp³-hybridized carbons (Fsp3) is 0.846. The van der Waals surface area contributed by atoms with E-state index in [1.807, 2.05) is 6.92 Å². The fourth-order valence-electron chi connectivity index (χ4n) is 1.82. The van der Waals surface area contributed by atoms with Crippen LogP contribution in [0.5, 0.6) is 0 Å². The summed E-state index contributed by atoms with van der Waals surface area (Å²) in [6.45, 7) is 0.556. The second-order valence-corrected chi connectivity index (χ2v) is 5.35. The molecule has 0 aliphatic carbocycles. The Labute approximate surface area is 142 Å². The molecule has 0 aromatic heterocycles. The highest BCUT2D eigenvalue weighted by atomic mass is 16.7. The van der Waals surface area contributed by atoms with E-state index in [1.165, 1.54) is 0 Å². The molecule has 25 heavy (non-hydrogen) atoms. The molecule has 0 bridgehead atoms. The second kappa shape index (κ2) is 9.80. The van der Waals surface area contributed by atoms with E-state index in [1.54, 1.807) is 0 Å².